The van der Waals surface area contributed by atoms with Crippen LogP contribution in [0.4, 0.5) is 0 Å². The maximum Gasteiger partial charge on any atom is 0.0826 e. The molecule has 4 nitrogen and oxygen atoms in total. The van der Waals surface area contributed by atoms with Crippen LogP contribution in [0.5, 0.6) is 0 Å². The van der Waals surface area contributed by atoms with Crippen LogP contribution in [0, 0.1) is 0 Å². The molecule has 4 heteroatoms. The molecule has 0 spiro atoms. The third-order valence-electron chi connectivity index (χ3n) is 3.86. The second-order valence-electron chi connectivity index (χ2n) is 5.48. The summed E-state index contributed by atoms with van der Waals surface area (Å²) in [5.74, 6) is 0. The molecule has 2 aliphatic rings. The number of morpholine rings is 1. The van der Waals surface area contributed by atoms with Crippen molar-refractivity contribution < 1.29 is 9.47 Å². The summed E-state index contributed by atoms with van der Waals surface area (Å²) in [6, 6.07) is 0. The highest BCUT2D eigenvalue weighted by molar-refractivity contribution is 4.87. The Bertz CT molecular complexity index is 229. The van der Waals surface area contributed by atoms with Crippen LogP contribution in [0.3, 0.4) is 0 Å². The molecule has 0 amide bonds. The smallest absolute Gasteiger partial charge is 0.0826 e. The van der Waals surface area contributed by atoms with Gasteiger partial charge in [-0.2, -0.15) is 0 Å². The van der Waals surface area contributed by atoms with E-state index in [-0.39, 0.29) is 5.54 Å². The molecular formula is C13H26N2O2. The van der Waals surface area contributed by atoms with E-state index in [1.54, 1.807) is 0 Å². The van der Waals surface area contributed by atoms with Crippen molar-refractivity contribution in [3.8, 4) is 0 Å². The highest BCUT2D eigenvalue weighted by atomic mass is 16.5. The summed E-state index contributed by atoms with van der Waals surface area (Å²) in [5.41, 5.74) is 0.149. The molecule has 0 aromatic heterocycles. The van der Waals surface area contributed by atoms with Gasteiger partial charge >= 0.3 is 0 Å². The molecule has 2 rings (SSSR count). The first-order valence-corrected chi connectivity index (χ1v) is 6.88. The molecule has 2 aliphatic heterocycles. The molecule has 0 aliphatic carbocycles. The molecule has 17 heavy (non-hydrogen) atoms. The Balaban J connectivity index is 1.73. The zero-order valence-electron chi connectivity index (χ0n) is 11.2. The van der Waals surface area contributed by atoms with E-state index in [1.165, 1.54) is 6.42 Å². The first-order chi connectivity index (χ1) is 8.22. The van der Waals surface area contributed by atoms with Crippen molar-refractivity contribution in [2.45, 2.75) is 38.3 Å². The Morgan fingerprint density at radius 3 is 3.00 bits per heavy atom. The first-order valence-electron chi connectivity index (χ1n) is 6.88. The topological polar surface area (TPSA) is 33.7 Å². The average Bonchev–Trinajstić information content (AvgIpc) is 2.38. The van der Waals surface area contributed by atoms with Crippen molar-refractivity contribution in [1.29, 1.82) is 0 Å². The minimum Gasteiger partial charge on any atom is -0.380 e. The number of ether oxygens (including phenoxy) is 2. The van der Waals surface area contributed by atoms with Crippen molar-refractivity contribution in [2.24, 2.45) is 0 Å². The first kappa shape index (κ1) is 13.3. The van der Waals surface area contributed by atoms with Crippen LogP contribution in [-0.4, -0.2) is 62.5 Å². The van der Waals surface area contributed by atoms with Crippen LogP contribution >= 0.6 is 0 Å². The molecular weight excluding hydrogens is 216 g/mol. The van der Waals surface area contributed by atoms with E-state index in [0.717, 1.165) is 52.4 Å². The van der Waals surface area contributed by atoms with Crippen LogP contribution in [-0.2, 0) is 9.47 Å². The van der Waals surface area contributed by atoms with E-state index >= 15 is 0 Å². The van der Waals surface area contributed by atoms with E-state index in [2.05, 4.69) is 24.1 Å². The Labute approximate surface area is 105 Å². The predicted octanol–water partition coefficient (Wildman–Crippen LogP) is 0.866. The van der Waals surface area contributed by atoms with Crippen molar-refractivity contribution >= 4 is 0 Å². The minimum atomic E-state index is 0.149. The minimum absolute atomic E-state index is 0.149. The number of rotatable bonds is 4. The summed E-state index contributed by atoms with van der Waals surface area (Å²) in [6.07, 6.45) is 2.70. The Kier molecular flexibility index (Phi) is 4.79. The Morgan fingerprint density at radius 1 is 1.41 bits per heavy atom. The molecule has 2 fully saturated rings. The molecule has 0 radical (unpaired) electrons. The van der Waals surface area contributed by atoms with Gasteiger partial charge in [-0.25, -0.2) is 0 Å². The maximum atomic E-state index is 5.80. The summed E-state index contributed by atoms with van der Waals surface area (Å²) in [6.45, 7) is 11.3. The van der Waals surface area contributed by atoms with Gasteiger partial charge in [0.1, 0.15) is 0 Å². The molecule has 1 N–H and O–H groups in total. The Hall–Kier alpha value is -0.160. The van der Waals surface area contributed by atoms with E-state index in [1.807, 2.05) is 0 Å². The highest BCUT2D eigenvalue weighted by Crippen LogP contribution is 2.18. The van der Waals surface area contributed by atoms with Gasteiger partial charge in [0.05, 0.1) is 19.3 Å². The van der Waals surface area contributed by atoms with Crippen molar-refractivity contribution in [3.63, 3.8) is 0 Å². The van der Waals surface area contributed by atoms with E-state index in [9.17, 15) is 0 Å². The molecule has 2 atom stereocenters. The second-order valence-corrected chi connectivity index (χ2v) is 5.48. The average molecular weight is 242 g/mol. The lowest BCUT2D eigenvalue weighted by Gasteiger charge is -2.38. The van der Waals surface area contributed by atoms with E-state index < -0.39 is 0 Å². The second kappa shape index (κ2) is 6.14. The van der Waals surface area contributed by atoms with Crippen molar-refractivity contribution in [3.05, 3.63) is 0 Å². The van der Waals surface area contributed by atoms with Crippen LogP contribution in [0.25, 0.3) is 0 Å². The van der Waals surface area contributed by atoms with Crippen LogP contribution in [0.2, 0.25) is 0 Å². The molecule has 0 saturated carbocycles. The highest BCUT2D eigenvalue weighted by Gasteiger charge is 2.29. The normalized spacial score (nSPS) is 36.0. The summed E-state index contributed by atoms with van der Waals surface area (Å²) in [4.78, 5) is 2.45. The van der Waals surface area contributed by atoms with E-state index in [0.29, 0.717) is 6.10 Å². The third kappa shape index (κ3) is 3.91. The van der Waals surface area contributed by atoms with E-state index in [4.69, 9.17) is 9.47 Å². The fraction of sp³-hybridized carbons (Fsp3) is 1.00. The summed E-state index contributed by atoms with van der Waals surface area (Å²) in [5, 5.41) is 3.64. The quantitative estimate of drug-likeness (QED) is 0.793. The van der Waals surface area contributed by atoms with Crippen molar-refractivity contribution in [2.75, 3.05) is 46.0 Å². The largest absolute Gasteiger partial charge is 0.380 e. The molecule has 0 bridgehead atoms. The zero-order valence-corrected chi connectivity index (χ0v) is 11.2. The van der Waals surface area contributed by atoms with Crippen molar-refractivity contribution in [1.82, 2.24) is 10.2 Å². The van der Waals surface area contributed by atoms with Gasteiger partial charge in [0.2, 0.25) is 0 Å². The lowest BCUT2D eigenvalue weighted by molar-refractivity contribution is -0.0360. The number of nitrogens with one attached hydrogen (secondary N) is 1. The Morgan fingerprint density at radius 2 is 2.29 bits per heavy atom. The molecule has 2 saturated heterocycles. The third-order valence-corrected chi connectivity index (χ3v) is 3.86. The van der Waals surface area contributed by atoms with Gasteiger partial charge in [0, 0.05) is 31.8 Å². The van der Waals surface area contributed by atoms with Crippen LogP contribution in [0.15, 0.2) is 0 Å². The fourth-order valence-electron chi connectivity index (χ4n) is 2.62. The van der Waals surface area contributed by atoms with Gasteiger partial charge in [-0.1, -0.05) is 6.92 Å². The monoisotopic (exact) mass is 242 g/mol. The molecule has 0 aromatic carbocycles. The number of hydrogen-bond acceptors (Lipinski definition) is 4. The van der Waals surface area contributed by atoms with Crippen LogP contribution < -0.4 is 5.32 Å². The van der Waals surface area contributed by atoms with Gasteiger partial charge in [-0.05, 0) is 26.3 Å². The number of nitrogens with zero attached hydrogens (tertiary/aromatic N) is 1. The van der Waals surface area contributed by atoms with Gasteiger partial charge in [0.15, 0.2) is 0 Å². The molecule has 2 heterocycles. The molecule has 100 valence electrons. The summed E-state index contributed by atoms with van der Waals surface area (Å²) >= 11 is 0. The fourth-order valence-corrected chi connectivity index (χ4v) is 2.62. The summed E-state index contributed by atoms with van der Waals surface area (Å²) < 4.78 is 11.4. The number of likely N-dealkylation sites (N-methyl/N-ethyl adjacent to an activating group) is 1. The van der Waals surface area contributed by atoms with Gasteiger partial charge < -0.3 is 14.8 Å². The maximum absolute atomic E-state index is 5.80. The SMILES string of the molecule is CCN1CCOC(CNC2(C)CCCOC2)C1. The lowest BCUT2D eigenvalue weighted by Crippen LogP contribution is -2.54. The lowest BCUT2D eigenvalue weighted by atomic mass is 9.94. The van der Waals surface area contributed by atoms with Gasteiger partial charge in [0.25, 0.3) is 0 Å². The summed E-state index contributed by atoms with van der Waals surface area (Å²) in [7, 11) is 0. The standard InChI is InChI=1S/C13H26N2O2/c1-3-15-6-8-17-12(10-15)9-14-13(2)5-4-7-16-11-13/h12,14H,3-11H2,1-2H3. The molecule has 0 aromatic rings. The van der Waals surface area contributed by atoms with Gasteiger partial charge in [-0.3, -0.25) is 4.90 Å². The zero-order chi connectivity index (χ0) is 12.1. The number of hydrogen-bond donors (Lipinski definition) is 1. The van der Waals surface area contributed by atoms with Gasteiger partial charge in [-0.15, -0.1) is 0 Å². The molecule has 2 unspecified atom stereocenters. The predicted molar refractivity (Wildman–Crippen MR) is 68.3 cm³/mol. The van der Waals surface area contributed by atoms with Crippen LogP contribution in [0.1, 0.15) is 26.7 Å².